The summed E-state index contributed by atoms with van der Waals surface area (Å²) in [6.07, 6.45) is 9.74. The van der Waals surface area contributed by atoms with Gasteiger partial charge >= 0.3 is 0 Å². The number of carbonyl (C=O) groups excluding carboxylic acids is 1. The van der Waals surface area contributed by atoms with Crippen LogP contribution in [0, 0.1) is 5.92 Å². The van der Waals surface area contributed by atoms with Gasteiger partial charge in [-0.15, -0.1) is 0 Å². The minimum absolute atomic E-state index is 0.0677. The molecule has 156 valence electrons. The second-order valence-electron chi connectivity index (χ2n) is 7.98. The number of likely N-dealkylation sites (tertiary alicyclic amines) is 1. The number of pyridine rings is 1. The quantitative estimate of drug-likeness (QED) is 0.762. The molecule has 0 radical (unpaired) electrons. The second-order valence-corrected chi connectivity index (χ2v) is 9.92. The van der Waals surface area contributed by atoms with Crippen LogP contribution in [0.1, 0.15) is 49.5 Å². The highest BCUT2D eigenvalue weighted by atomic mass is 32.2. The SMILES string of the molecule is C[C@@H]1CCCN(S(=O)(=O)c2ccc(-n3cnc(C(=O)N4CCCCC4)c3)nc2)C1. The lowest BCUT2D eigenvalue weighted by Crippen LogP contribution is -2.39. The molecule has 2 aromatic rings. The van der Waals surface area contributed by atoms with E-state index in [1.54, 1.807) is 33.5 Å². The number of sulfonamides is 1. The van der Waals surface area contributed by atoms with Crippen molar-refractivity contribution >= 4 is 15.9 Å². The summed E-state index contributed by atoms with van der Waals surface area (Å²) >= 11 is 0. The van der Waals surface area contributed by atoms with E-state index in [-0.39, 0.29) is 10.8 Å². The predicted octanol–water partition coefficient (Wildman–Crippen LogP) is 2.31. The van der Waals surface area contributed by atoms with Gasteiger partial charge in [-0.2, -0.15) is 4.31 Å². The van der Waals surface area contributed by atoms with Crippen molar-refractivity contribution in [1.82, 2.24) is 23.7 Å². The Labute approximate surface area is 171 Å². The molecule has 4 rings (SSSR count). The number of aromatic nitrogens is 3. The Morgan fingerprint density at radius 2 is 1.86 bits per heavy atom. The Bertz CT molecular complexity index is 964. The number of nitrogens with zero attached hydrogens (tertiary/aromatic N) is 5. The first-order valence-corrected chi connectivity index (χ1v) is 11.7. The highest BCUT2D eigenvalue weighted by Gasteiger charge is 2.29. The first-order chi connectivity index (χ1) is 13.9. The van der Waals surface area contributed by atoms with Crippen LogP contribution in [0.4, 0.5) is 0 Å². The smallest absolute Gasteiger partial charge is 0.274 e. The van der Waals surface area contributed by atoms with Gasteiger partial charge in [0.05, 0.1) is 0 Å². The third-order valence-electron chi connectivity index (χ3n) is 5.69. The lowest BCUT2D eigenvalue weighted by atomic mass is 10.0. The predicted molar refractivity (Wildman–Crippen MR) is 108 cm³/mol. The Hall–Kier alpha value is -2.26. The third-order valence-corrected chi connectivity index (χ3v) is 7.54. The molecule has 0 saturated carbocycles. The zero-order chi connectivity index (χ0) is 20.4. The summed E-state index contributed by atoms with van der Waals surface area (Å²) in [4.78, 5) is 23.1. The average molecular weight is 418 g/mol. The van der Waals surface area contributed by atoms with Crippen molar-refractivity contribution in [2.24, 2.45) is 5.92 Å². The van der Waals surface area contributed by atoms with Crippen molar-refractivity contribution in [3.8, 4) is 5.82 Å². The molecule has 0 bridgehead atoms. The first kappa shape index (κ1) is 20.0. The van der Waals surface area contributed by atoms with E-state index in [1.165, 1.54) is 6.20 Å². The fourth-order valence-corrected chi connectivity index (χ4v) is 5.55. The molecule has 1 atom stereocenters. The minimum atomic E-state index is -3.53. The molecule has 4 heterocycles. The molecule has 0 aromatic carbocycles. The van der Waals surface area contributed by atoms with Crippen LogP contribution in [0.2, 0.25) is 0 Å². The average Bonchev–Trinajstić information content (AvgIpc) is 3.24. The third kappa shape index (κ3) is 4.20. The van der Waals surface area contributed by atoms with Crippen molar-refractivity contribution in [3.05, 3.63) is 36.5 Å². The fourth-order valence-electron chi connectivity index (χ4n) is 4.01. The Balaban J connectivity index is 1.49. The van der Waals surface area contributed by atoms with Gasteiger partial charge in [-0.05, 0) is 50.2 Å². The summed E-state index contributed by atoms with van der Waals surface area (Å²) in [6, 6.07) is 3.22. The lowest BCUT2D eigenvalue weighted by molar-refractivity contribution is 0.0719. The maximum atomic E-state index is 12.9. The zero-order valence-corrected chi connectivity index (χ0v) is 17.5. The molecule has 0 aliphatic carbocycles. The van der Waals surface area contributed by atoms with Crippen LogP contribution >= 0.6 is 0 Å². The molecule has 2 aliphatic rings. The molecular weight excluding hydrogens is 390 g/mol. The van der Waals surface area contributed by atoms with Gasteiger partial charge in [0.1, 0.15) is 22.7 Å². The van der Waals surface area contributed by atoms with Crippen molar-refractivity contribution in [2.75, 3.05) is 26.2 Å². The molecule has 1 amide bonds. The van der Waals surface area contributed by atoms with Gasteiger partial charge in [-0.25, -0.2) is 18.4 Å². The molecule has 0 unspecified atom stereocenters. The lowest BCUT2D eigenvalue weighted by Gasteiger charge is -2.29. The van der Waals surface area contributed by atoms with Crippen LogP contribution < -0.4 is 0 Å². The molecular formula is C20H27N5O3S. The standard InChI is InChI=1S/C20H27N5O3S/c1-16-6-5-11-25(13-16)29(27,28)17-7-8-19(21-12-17)24-14-18(22-15-24)20(26)23-9-3-2-4-10-23/h7-8,12,14-16H,2-6,9-11,13H2,1H3/t16-/m1/s1. The first-order valence-electron chi connectivity index (χ1n) is 10.2. The molecule has 29 heavy (non-hydrogen) atoms. The van der Waals surface area contributed by atoms with Gasteiger partial charge in [-0.1, -0.05) is 6.92 Å². The number of rotatable bonds is 4. The minimum Gasteiger partial charge on any atom is -0.337 e. The zero-order valence-electron chi connectivity index (χ0n) is 16.7. The number of imidazole rings is 1. The largest absolute Gasteiger partial charge is 0.337 e. The monoisotopic (exact) mass is 417 g/mol. The molecule has 0 spiro atoms. The summed E-state index contributed by atoms with van der Waals surface area (Å²) in [5.41, 5.74) is 0.382. The number of hydrogen-bond donors (Lipinski definition) is 0. The number of carbonyl (C=O) groups is 1. The highest BCUT2D eigenvalue weighted by Crippen LogP contribution is 2.23. The van der Waals surface area contributed by atoms with Crippen LogP contribution in [0.5, 0.6) is 0 Å². The van der Waals surface area contributed by atoms with Crippen molar-refractivity contribution in [2.45, 2.75) is 43.9 Å². The van der Waals surface area contributed by atoms with Crippen molar-refractivity contribution in [3.63, 3.8) is 0 Å². The summed E-state index contributed by atoms with van der Waals surface area (Å²) < 4.78 is 28.9. The number of amides is 1. The van der Waals surface area contributed by atoms with E-state index in [4.69, 9.17) is 0 Å². The molecule has 2 aromatic heterocycles. The van der Waals surface area contributed by atoms with Gasteiger partial charge in [0.25, 0.3) is 5.91 Å². The van der Waals surface area contributed by atoms with E-state index in [2.05, 4.69) is 16.9 Å². The molecule has 2 aliphatic heterocycles. The van der Waals surface area contributed by atoms with Crippen LogP contribution in [0.25, 0.3) is 5.82 Å². The van der Waals surface area contributed by atoms with E-state index in [9.17, 15) is 13.2 Å². The normalized spacial score (nSPS) is 21.3. The van der Waals surface area contributed by atoms with Gasteiger partial charge in [-0.3, -0.25) is 9.36 Å². The van der Waals surface area contributed by atoms with E-state index in [0.717, 1.165) is 45.2 Å². The summed E-state index contributed by atoms with van der Waals surface area (Å²) in [5, 5.41) is 0. The van der Waals surface area contributed by atoms with E-state index in [1.807, 2.05) is 4.90 Å². The van der Waals surface area contributed by atoms with Gasteiger partial charge in [0.2, 0.25) is 10.0 Å². The maximum Gasteiger partial charge on any atom is 0.274 e. The summed E-state index contributed by atoms with van der Waals surface area (Å²) in [7, 11) is -3.53. The Kier molecular flexibility index (Phi) is 5.69. The topological polar surface area (TPSA) is 88.4 Å². The Morgan fingerprint density at radius 1 is 1.07 bits per heavy atom. The molecule has 2 saturated heterocycles. The molecule has 0 N–H and O–H groups in total. The second kappa shape index (κ2) is 8.23. The molecule has 9 heteroatoms. The van der Waals surface area contributed by atoms with E-state index in [0.29, 0.717) is 30.5 Å². The van der Waals surface area contributed by atoms with Crippen LogP contribution in [-0.2, 0) is 10.0 Å². The van der Waals surface area contributed by atoms with E-state index >= 15 is 0 Å². The highest BCUT2D eigenvalue weighted by molar-refractivity contribution is 7.89. The molecule has 2 fully saturated rings. The van der Waals surface area contributed by atoms with Gasteiger partial charge in [0, 0.05) is 38.6 Å². The van der Waals surface area contributed by atoms with E-state index < -0.39 is 10.0 Å². The summed E-state index contributed by atoms with van der Waals surface area (Å²) in [6.45, 7) is 4.72. The molecule has 8 nitrogen and oxygen atoms in total. The van der Waals surface area contributed by atoms with Crippen molar-refractivity contribution in [1.29, 1.82) is 0 Å². The number of piperidine rings is 2. The Morgan fingerprint density at radius 3 is 2.55 bits per heavy atom. The van der Waals surface area contributed by atoms with Crippen molar-refractivity contribution < 1.29 is 13.2 Å². The van der Waals surface area contributed by atoms with Crippen LogP contribution in [0.3, 0.4) is 0 Å². The van der Waals surface area contributed by atoms with Crippen LogP contribution in [-0.4, -0.2) is 64.2 Å². The van der Waals surface area contributed by atoms with Gasteiger partial charge in [0.15, 0.2) is 0 Å². The maximum absolute atomic E-state index is 12.9. The van der Waals surface area contributed by atoms with Crippen LogP contribution in [0.15, 0.2) is 35.7 Å². The fraction of sp³-hybridized carbons (Fsp3) is 0.550. The summed E-state index contributed by atoms with van der Waals surface area (Å²) in [5.74, 6) is 0.829. The number of hydrogen-bond acceptors (Lipinski definition) is 5. The van der Waals surface area contributed by atoms with Gasteiger partial charge < -0.3 is 4.90 Å².